The van der Waals surface area contributed by atoms with Gasteiger partial charge < -0.3 is 4.74 Å². The van der Waals surface area contributed by atoms with Gasteiger partial charge in [0.2, 0.25) is 5.91 Å². The number of benzene rings is 2. The van der Waals surface area contributed by atoms with Crippen molar-refractivity contribution in [3.05, 3.63) is 63.6 Å². The molecule has 1 amide bonds. The van der Waals surface area contributed by atoms with Crippen LogP contribution in [0.5, 0.6) is 5.75 Å². The van der Waals surface area contributed by atoms with E-state index < -0.39 is 0 Å². The van der Waals surface area contributed by atoms with Crippen LogP contribution in [0.15, 0.2) is 47.6 Å². The maximum Gasteiger partial charge on any atom is 0.244 e. The van der Waals surface area contributed by atoms with Crippen LogP contribution in [0, 0.1) is 0 Å². The molecule has 0 fully saturated rings. The number of hydrazone groups is 1. The highest BCUT2D eigenvalue weighted by Gasteiger charge is 2.03. The average Bonchev–Trinajstić information content (AvgIpc) is 2.50. The fraction of sp³-hybridized carbons (Fsp3) is 0.125. The molecule has 0 aliphatic rings. The lowest BCUT2D eigenvalue weighted by Gasteiger charge is -2.03. The van der Waals surface area contributed by atoms with Crippen LogP contribution < -0.4 is 10.2 Å². The van der Waals surface area contributed by atoms with Crippen LogP contribution in [-0.2, 0) is 11.2 Å². The van der Waals surface area contributed by atoms with E-state index in [9.17, 15) is 4.79 Å². The number of amides is 1. The van der Waals surface area contributed by atoms with Crippen LogP contribution >= 0.6 is 23.2 Å². The summed E-state index contributed by atoms with van der Waals surface area (Å²) in [4.78, 5) is 11.8. The molecule has 0 heterocycles. The molecule has 0 bridgehead atoms. The van der Waals surface area contributed by atoms with Crippen LogP contribution in [0.2, 0.25) is 10.0 Å². The van der Waals surface area contributed by atoms with E-state index in [0.29, 0.717) is 15.6 Å². The third-order valence-electron chi connectivity index (χ3n) is 2.88. The van der Waals surface area contributed by atoms with Crippen molar-refractivity contribution in [3.8, 4) is 5.75 Å². The fourth-order valence-electron chi connectivity index (χ4n) is 1.75. The number of halogens is 2. The Morgan fingerprint density at radius 2 is 1.95 bits per heavy atom. The van der Waals surface area contributed by atoms with E-state index in [4.69, 9.17) is 27.9 Å². The predicted octanol–water partition coefficient (Wildman–Crippen LogP) is 3.69. The molecule has 4 nitrogen and oxygen atoms in total. The second-order valence-corrected chi connectivity index (χ2v) is 5.33. The molecule has 0 saturated heterocycles. The number of methoxy groups -OCH3 is 1. The van der Waals surface area contributed by atoms with Crippen LogP contribution in [0.4, 0.5) is 0 Å². The van der Waals surface area contributed by atoms with Gasteiger partial charge in [-0.1, -0.05) is 41.4 Å². The minimum absolute atomic E-state index is 0.216. The lowest BCUT2D eigenvalue weighted by Crippen LogP contribution is -2.19. The van der Waals surface area contributed by atoms with E-state index in [1.54, 1.807) is 37.4 Å². The van der Waals surface area contributed by atoms with E-state index in [1.165, 1.54) is 6.21 Å². The highest BCUT2D eigenvalue weighted by atomic mass is 35.5. The molecule has 22 heavy (non-hydrogen) atoms. The highest BCUT2D eigenvalue weighted by molar-refractivity contribution is 6.36. The first-order valence-electron chi connectivity index (χ1n) is 6.48. The van der Waals surface area contributed by atoms with Gasteiger partial charge in [0.1, 0.15) is 5.75 Å². The highest BCUT2D eigenvalue weighted by Crippen LogP contribution is 2.19. The molecule has 6 heteroatoms. The van der Waals surface area contributed by atoms with Gasteiger partial charge in [0.25, 0.3) is 0 Å². The van der Waals surface area contributed by atoms with Crippen molar-refractivity contribution in [2.45, 2.75) is 6.42 Å². The maximum absolute atomic E-state index is 11.8. The summed E-state index contributed by atoms with van der Waals surface area (Å²) in [5.74, 6) is 0.533. The lowest BCUT2D eigenvalue weighted by molar-refractivity contribution is -0.120. The SMILES string of the molecule is COc1ccc(CC(=O)N/N=C/c2ccc(Cl)cc2Cl)cc1. The summed E-state index contributed by atoms with van der Waals surface area (Å²) in [6, 6.07) is 12.3. The lowest BCUT2D eigenvalue weighted by atomic mass is 10.1. The molecule has 0 spiro atoms. The second-order valence-electron chi connectivity index (χ2n) is 4.48. The molecule has 2 aromatic rings. The molecule has 0 aromatic heterocycles. The Bertz CT molecular complexity index is 685. The average molecular weight is 337 g/mol. The van der Waals surface area contributed by atoms with Crippen molar-refractivity contribution in [2.24, 2.45) is 5.10 Å². The van der Waals surface area contributed by atoms with Gasteiger partial charge in [0, 0.05) is 10.6 Å². The van der Waals surface area contributed by atoms with Gasteiger partial charge in [-0.2, -0.15) is 5.10 Å². The number of carbonyl (C=O) groups excluding carboxylic acids is 1. The number of ether oxygens (including phenoxy) is 1. The van der Waals surface area contributed by atoms with Crippen molar-refractivity contribution in [3.63, 3.8) is 0 Å². The minimum atomic E-state index is -0.216. The zero-order valence-electron chi connectivity index (χ0n) is 11.8. The first-order chi connectivity index (χ1) is 10.6. The monoisotopic (exact) mass is 336 g/mol. The Morgan fingerprint density at radius 3 is 2.59 bits per heavy atom. The minimum Gasteiger partial charge on any atom is -0.497 e. The van der Waals surface area contributed by atoms with Crippen LogP contribution in [-0.4, -0.2) is 19.2 Å². The number of hydrogen-bond acceptors (Lipinski definition) is 3. The third kappa shape index (κ3) is 4.76. The summed E-state index contributed by atoms with van der Waals surface area (Å²) >= 11 is 11.8. The van der Waals surface area contributed by atoms with E-state index in [0.717, 1.165) is 11.3 Å². The summed E-state index contributed by atoms with van der Waals surface area (Å²) in [5, 5.41) is 4.90. The molecular formula is C16H14Cl2N2O2. The van der Waals surface area contributed by atoms with Gasteiger partial charge in [0.15, 0.2) is 0 Å². The van der Waals surface area contributed by atoms with E-state index in [2.05, 4.69) is 10.5 Å². The Hall–Kier alpha value is -2.04. The van der Waals surface area contributed by atoms with Crippen molar-refractivity contribution in [2.75, 3.05) is 7.11 Å². The summed E-state index contributed by atoms with van der Waals surface area (Å²) in [6.45, 7) is 0. The molecule has 2 aromatic carbocycles. The zero-order chi connectivity index (χ0) is 15.9. The Labute approximate surface area is 138 Å². The van der Waals surface area contributed by atoms with Gasteiger partial charge in [-0.3, -0.25) is 4.79 Å². The number of nitrogens with one attached hydrogen (secondary N) is 1. The normalized spacial score (nSPS) is 10.7. The van der Waals surface area contributed by atoms with Crippen LogP contribution in [0.25, 0.3) is 0 Å². The smallest absolute Gasteiger partial charge is 0.244 e. The quantitative estimate of drug-likeness (QED) is 0.668. The number of rotatable bonds is 5. The van der Waals surface area contributed by atoms with Gasteiger partial charge in [-0.15, -0.1) is 0 Å². The zero-order valence-corrected chi connectivity index (χ0v) is 13.4. The number of carbonyl (C=O) groups is 1. The Morgan fingerprint density at radius 1 is 1.23 bits per heavy atom. The van der Waals surface area contributed by atoms with Crippen molar-refractivity contribution >= 4 is 35.3 Å². The van der Waals surface area contributed by atoms with Crippen molar-refractivity contribution < 1.29 is 9.53 Å². The van der Waals surface area contributed by atoms with Crippen LogP contribution in [0.1, 0.15) is 11.1 Å². The molecule has 1 N–H and O–H groups in total. The van der Waals surface area contributed by atoms with E-state index in [-0.39, 0.29) is 12.3 Å². The molecular weight excluding hydrogens is 323 g/mol. The Balaban J connectivity index is 1.90. The third-order valence-corrected chi connectivity index (χ3v) is 3.44. The van der Waals surface area contributed by atoms with E-state index >= 15 is 0 Å². The number of hydrogen-bond donors (Lipinski definition) is 1. The van der Waals surface area contributed by atoms with E-state index in [1.807, 2.05) is 12.1 Å². The van der Waals surface area contributed by atoms with Gasteiger partial charge in [-0.05, 0) is 29.8 Å². The molecule has 0 aliphatic heterocycles. The molecule has 0 radical (unpaired) electrons. The summed E-state index contributed by atoms with van der Waals surface area (Å²) < 4.78 is 5.06. The second kappa shape index (κ2) is 7.82. The number of nitrogens with zero attached hydrogens (tertiary/aromatic N) is 1. The Kier molecular flexibility index (Phi) is 5.81. The maximum atomic E-state index is 11.8. The summed E-state index contributed by atoms with van der Waals surface area (Å²) in [6.07, 6.45) is 1.71. The first-order valence-corrected chi connectivity index (χ1v) is 7.24. The first kappa shape index (κ1) is 16.3. The van der Waals surface area contributed by atoms with Crippen LogP contribution in [0.3, 0.4) is 0 Å². The standard InChI is InChI=1S/C16H14Cl2N2O2/c1-22-14-6-2-11(3-7-14)8-16(21)20-19-10-12-4-5-13(17)9-15(12)18/h2-7,9-10H,8H2,1H3,(H,20,21)/b19-10+. The van der Waals surface area contributed by atoms with Gasteiger partial charge in [-0.25, -0.2) is 5.43 Å². The fourth-order valence-corrected chi connectivity index (χ4v) is 2.21. The molecule has 0 aliphatic carbocycles. The van der Waals surface area contributed by atoms with Gasteiger partial charge >= 0.3 is 0 Å². The molecule has 0 atom stereocenters. The molecule has 0 unspecified atom stereocenters. The van der Waals surface area contributed by atoms with Crippen molar-refractivity contribution in [1.29, 1.82) is 0 Å². The van der Waals surface area contributed by atoms with Gasteiger partial charge in [0.05, 0.1) is 24.8 Å². The summed E-state index contributed by atoms with van der Waals surface area (Å²) in [7, 11) is 1.60. The molecule has 2 rings (SSSR count). The predicted molar refractivity (Wildman–Crippen MR) is 88.9 cm³/mol. The molecule has 114 valence electrons. The summed E-state index contributed by atoms with van der Waals surface area (Å²) in [5.41, 5.74) is 4.01. The largest absolute Gasteiger partial charge is 0.497 e. The topological polar surface area (TPSA) is 50.7 Å². The molecule has 0 saturated carbocycles. The van der Waals surface area contributed by atoms with Crippen molar-refractivity contribution in [1.82, 2.24) is 5.43 Å².